The number of methoxy groups -OCH3 is 1. The number of benzene rings is 1. The van der Waals surface area contributed by atoms with Crippen LogP contribution in [0.5, 0.6) is 0 Å². The van der Waals surface area contributed by atoms with Gasteiger partial charge < -0.3 is 14.6 Å². The van der Waals surface area contributed by atoms with Gasteiger partial charge in [0, 0.05) is 19.7 Å². The average Bonchev–Trinajstić information content (AvgIpc) is 3.03. The Bertz CT molecular complexity index is 817. The molecule has 3 rings (SSSR count). The molecule has 1 heterocycles. The van der Waals surface area contributed by atoms with Gasteiger partial charge in [0.05, 0.1) is 22.9 Å². The second-order valence-corrected chi connectivity index (χ2v) is 8.39. The highest BCUT2D eigenvalue weighted by Gasteiger charge is 2.22. The zero-order valence-electron chi connectivity index (χ0n) is 16.4. The third kappa shape index (κ3) is 5.26. The standard InChI is InChI=1S/C20H28N4O3S/c1-14(18(25)23-19(26)21-15-8-4-3-5-9-15)28-20-22-16-10-6-7-11-17(16)24(20)12-13-27-2/h6-7,10-11,14-15H,3-5,8-9,12-13H2,1-2H3,(H2,21,23,25,26)/t14-/m1/s1. The molecule has 1 aromatic heterocycles. The van der Waals surface area contributed by atoms with Crippen molar-refractivity contribution in [3.05, 3.63) is 24.3 Å². The van der Waals surface area contributed by atoms with Gasteiger partial charge in [0.2, 0.25) is 5.91 Å². The highest BCUT2D eigenvalue weighted by molar-refractivity contribution is 8.00. The molecule has 1 aliphatic rings. The van der Waals surface area contributed by atoms with E-state index in [-0.39, 0.29) is 11.9 Å². The summed E-state index contributed by atoms with van der Waals surface area (Å²) in [6.07, 6.45) is 5.44. The molecule has 0 spiro atoms. The number of carbonyl (C=O) groups is 2. The van der Waals surface area contributed by atoms with Crippen molar-refractivity contribution in [2.24, 2.45) is 0 Å². The highest BCUT2D eigenvalue weighted by atomic mass is 32.2. The molecule has 0 bridgehead atoms. The Kier molecular flexibility index (Phi) is 7.33. The summed E-state index contributed by atoms with van der Waals surface area (Å²) < 4.78 is 7.26. The van der Waals surface area contributed by atoms with E-state index in [4.69, 9.17) is 4.74 Å². The highest BCUT2D eigenvalue weighted by Crippen LogP contribution is 2.27. The smallest absolute Gasteiger partial charge is 0.321 e. The number of thioether (sulfide) groups is 1. The first kappa shape index (κ1) is 20.7. The minimum Gasteiger partial charge on any atom is -0.383 e. The normalized spacial score (nSPS) is 16.1. The number of ether oxygens (including phenoxy) is 1. The maximum absolute atomic E-state index is 12.5. The zero-order chi connectivity index (χ0) is 19.9. The second-order valence-electron chi connectivity index (χ2n) is 7.09. The molecule has 1 aliphatic carbocycles. The van der Waals surface area contributed by atoms with Crippen LogP contribution in [0.1, 0.15) is 39.0 Å². The lowest BCUT2D eigenvalue weighted by Gasteiger charge is -2.23. The van der Waals surface area contributed by atoms with E-state index in [1.54, 1.807) is 14.0 Å². The first-order valence-corrected chi connectivity index (χ1v) is 10.7. The number of hydrogen-bond acceptors (Lipinski definition) is 5. The lowest BCUT2D eigenvalue weighted by molar-refractivity contribution is -0.119. The van der Waals surface area contributed by atoms with Gasteiger partial charge in [-0.25, -0.2) is 9.78 Å². The Hall–Kier alpha value is -2.06. The van der Waals surface area contributed by atoms with Crippen LogP contribution in [-0.2, 0) is 16.1 Å². The molecule has 0 unspecified atom stereocenters. The minimum atomic E-state index is -0.449. The summed E-state index contributed by atoms with van der Waals surface area (Å²) in [7, 11) is 1.66. The van der Waals surface area contributed by atoms with E-state index in [0.29, 0.717) is 13.2 Å². The van der Waals surface area contributed by atoms with Gasteiger partial charge in [-0.05, 0) is 31.9 Å². The predicted octanol–water partition coefficient (Wildman–Crippen LogP) is 3.32. The van der Waals surface area contributed by atoms with Crippen LogP contribution < -0.4 is 10.6 Å². The van der Waals surface area contributed by atoms with Crippen molar-refractivity contribution in [3.63, 3.8) is 0 Å². The Balaban J connectivity index is 1.62. The van der Waals surface area contributed by atoms with Crippen LogP contribution in [0.4, 0.5) is 4.79 Å². The summed E-state index contributed by atoms with van der Waals surface area (Å²) in [4.78, 5) is 29.3. The van der Waals surface area contributed by atoms with Crippen LogP contribution in [0.25, 0.3) is 11.0 Å². The Labute approximate surface area is 169 Å². The van der Waals surface area contributed by atoms with E-state index in [0.717, 1.165) is 41.9 Å². The van der Waals surface area contributed by atoms with E-state index in [1.165, 1.54) is 18.2 Å². The van der Waals surface area contributed by atoms with Crippen molar-refractivity contribution in [1.29, 1.82) is 0 Å². The average molecular weight is 405 g/mol. The van der Waals surface area contributed by atoms with Gasteiger partial charge in [0.1, 0.15) is 0 Å². The number of imidazole rings is 1. The zero-order valence-corrected chi connectivity index (χ0v) is 17.3. The topological polar surface area (TPSA) is 85.2 Å². The van der Waals surface area contributed by atoms with Crippen LogP contribution in [-0.4, -0.2) is 46.5 Å². The van der Waals surface area contributed by atoms with Crippen LogP contribution in [0.2, 0.25) is 0 Å². The molecule has 7 nitrogen and oxygen atoms in total. The Morgan fingerprint density at radius 1 is 1.29 bits per heavy atom. The maximum Gasteiger partial charge on any atom is 0.321 e. The van der Waals surface area contributed by atoms with E-state index in [2.05, 4.69) is 20.2 Å². The fourth-order valence-electron chi connectivity index (χ4n) is 3.44. The molecule has 2 N–H and O–H groups in total. The Morgan fingerprint density at radius 2 is 2.04 bits per heavy atom. The summed E-state index contributed by atoms with van der Waals surface area (Å²) >= 11 is 1.35. The van der Waals surface area contributed by atoms with Gasteiger partial charge >= 0.3 is 6.03 Å². The summed E-state index contributed by atoms with van der Waals surface area (Å²) in [5.74, 6) is -0.316. The second kappa shape index (κ2) is 9.93. The van der Waals surface area contributed by atoms with Crippen molar-refractivity contribution in [2.75, 3.05) is 13.7 Å². The van der Waals surface area contributed by atoms with Crippen LogP contribution >= 0.6 is 11.8 Å². The van der Waals surface area contributed by atoms with Gasteiger partial charge in [-0.15, -0.1) is 0 Å². The third-order valence-corrected chi connectivity index (χ3v) is 6.06. The molecular formula is C20H28N4O3S. The van der Waals surface area contributed by atoms with Crippen molar-refractivity contribution >= 4 is 34.7 Å². The molecule has 1 aromatic carbocycles. The molecular weight excluding hydrogens is 376 g/mol. The number of rotatable bonds is 7. The number of imide groups is 1. The number of nitrogens with one attached hydrogen (secondary N) is 2. The van der Waals surface area contributed by atoms with Crippen molar-refractivity contribution in [1.82, 2.24) is 20.2 Å². The molecule has 2 aromatic rings. The molecule has 0 aliphatic heterocycles. The molecule has 1 fully saturated rings. The van der Waals surface area contributed by atoms with Crippen molar-refractivity contribution < 1.29 is 14.3 Å². The van der Waals surface area contributed by atoms with E-state index >= 15 is 0 Å². The molecule has 1 atom stereocenters. The Morgan fingerprint density at radius 3 is 2.79 bits per heavy atom. The summed E-state index contributed by atoms with van der Waals surface area (Å²) in [5.41, 5.74) is 1.88. The number of amides is 3. The fourth-order valence-corrected chi connectivity index (χ4v) is 4.39. The number of fused-ring (bicyclic) bond motifs is 1. The van der Waals surface area contributed by atoms with E-state index in [9.17, 15) is 9.59 Å². The molecule has 8 heteroatoms. The van der Waals surface area contributed by atoms with Gasteiger partial charge in [-0.3, -0.25) is 10.1 Å². The van der Waals surface area contributed by atoms with Crippen molar-refractivity contribution in [3.8, 4) is 0 Å². The number of carbonyl (C=O) groups excluding carboxylic acids is 2. The molecule has 3 amide bonds. The minimum absolute atomic E-state index is 0.169. The monoisotopic (exact) mass is 404 g/mol. The van der Waals surface area contributed by atoms with Gasteiger partial charge in [0.15, 0.2) is 5.16 Å². The van der Waals surface area contributed by atoms with Gasteiger partial charge in [0.25, 0.3) is 0 Å². The summed E-state index contributed by atoms with van der Waals surface area (Å²) in [6, 6.07) is 7.62. The molecule has 28 heavy (non-hydrogen) atoms. The van der Waals surface area contributed by atoms with Crippen LogP contribution in [0.3, 0.4) is 0 Å². The van der Waals surface area contributed by atoms with E-state index in [1.807, 2.05) is 24.3 Å². The lowest BCUT2D eigenvalue weighted by Crippen LogP contribution is -2.47. The fraction of sp³-hybridized carbons (Fsp3) is 0.550. The number of para-hydroxylation sites is 2. The van der Waals surface area contributed by atoms with E-state index < -0.39 is 11.3 Å². The lowest BCUT2D eigenvalue weighted by atomic mass is 9.96. The first-order chi connectivity index (χ1) is 13.6. The molecule has 0 saturated heterocycles. The van der Waals surface area contributed by atoms with Crippen LogP contribution in [0, 0.1) is 0 Å². The quantitative estimate of drug-likeness (QED) is 0.692. The van der Waals surface area contributed by atoms with Crippen molar-refractivity contribution in [2.45, 2.75) is 62.0 Å². The SMILES string of the molecule is COCCn1c(S[C@H](C)C(=O)NC(=O)NC2CCCCC2)nc2ccccc21. The number of urea groups is 1. The molecule has 0 radical (unpaired) electrons. The van der Waals surface area contributed by atoms with Gasteiger partial charge in [-0.2, -0.15) is 0 Å². The maximum atomic E-state index is 12.5. The summed E-state index contributed by atoms with van der Waals surface area (Å²) in [6.45, 7) is 2.99. The number of hydrogen-bond donors (Lipinski definition) is 2. The largest absolute Gasteiger partial charge is 0.383 e. The first-order valence-electron chi connectivity index (χ1n) is 9.80. The molecule has 1 saturated carbocycles. The number of nitrogens with zero attached hydrogens (tertiary/aromatic N) is 2. The predicted molar refractivity (Wildman–Crippen MR) is 110 cm³/mol. The molecule has 152 valence electrons. The van der Waals surface area contributed by atoms with Crippen LogP contribution in [0.15, 0.2) is 29.4 Å². The number of aromatic nitrogens is 2. The summed E-state index contributed by atoms with van der Waals surface area (Å²) in [5, 5.41) is 5.68. The third-order valence-electron chi connectivity index (χ3n) is 4.97. The van der Waals surface area contributed by atoms with Gasteiger partial charge in [-0.1, -0.05) is 43.2 Å².